The van der Waals surface area contributed by atoms with E-state index in [1.54, 1.807) is 0 Å². The number of fused-ring (bicyclic) bond motifs is 1. The molecule has 1 N–H and O–H groups in total. The number of carbonyl (C=O) groups excluding carboxylic acids is 1. The number of anilines is 1. The maximum absolute atomic E-state index is 12.8. The molecule has 3 rings (SSSR count). The van der Waals surface area contributed by atoms with E-state index in [0.29, 0.717) is 16.8 Å². The van der Waals surface area contributed by atoms with Gasteiger partial charge in [-0.3, -0.25) is 10.1 Å². The fraction of sp³-hybridized carbons (Fsp3) is 0.222. The zero-order valence-electron chi connectivity index (χ0n) is 13.4. The van der Waals surface area contributed by atoms with Gasteiger partial charge in [-0.05, 0) is 41.8 Å². The SMILES string of the molecule is CC(C)c1cccc2sc(NC(=O)COc3ccc(F)cc3)nc12. The predicted octanol–water partition coefficient (Wildman–Crippen LogP) is 4.58. The summed E-state index contributed by atoms with van der Waals surface area (Å²) in [7, 11) is 0. The minimum absolute atomic E-state index is 0.154. The summed E-state index contributed by atoms with van der Waals surface area (Å²) in [5.41, 5.74) is 2.08. The van der Waals surface area contributed by atoms with Gasteiger partial charge in [0.25, 0.3) is 5.91 Å². The van der Waals surface area contributed by atoms with Gasteiger partial charge in [-0.15, -0.1) is 0 Å². The summed E-state index contributed by atoms with van der Waals surface area (Å²) in [6, 6.07) is 11.6. The van der Waals surface area contributed by atoms with Crippen LogP contribution in [-0.2, 0) is 4.79 Å². The highest BCUT2D eigenvalue weighted by Gasteiger charge is 2.12. The Morgan fingerprint density at radius 2 is 2.00 bits per heavy atom. The van der Waals surface area contributed by atoms with E-state index in [1.807, 2.05) is 12.1 Å². The summed E-state index contributed by atoms with van der Waals surface area (Å²) in [5, 5.41) is 3.30. The molecule has 124 valence electrons. The molecule has 0 radical (unpaired) electrons. The van der Waals surface area contributed by atoms with Crippen LogP contribution in [0.4, 0.5) is 9.52 Å². The third-order valence-corrected chi connectivity index (χ3v) is 4.44. The summed E-state index contributed by atoms with van der Waals surface area (Å²) in [5.74, 6) is 0.158. The van der Waals surface area contributed by atoms with Crippen LogP contribution in [-0.4, -0.2) is 17.5 Å². The predicted molar refractivity (Wildman–Crippen MR) is 94.2 cm³/mol. The molecule has 24 heavy (non-hydrogen) atoms. The second-order valence-corrected chi connectivity index (χ2v) is 6.69. The van der Waals surface area contributed by atoms with Crippen molar-refractivity contribution < 1.29 is 13.9 Å². The van der Waals surface area contributed by atoms with Crippen LogP contribution in [0.1, 0.15) is 25.3 Å². The molecule has 2 aromatic carbocycles. The lowest BCUT2D eigenvalue weighted by atomic mass is 10.0. The highest BCUT2D eigenvalue weighted by atomic mass is 32.1. The molecule has 3 aromatic rings. The largest absolute Gasteiger partial charge is 0.484 e. The Hall–Kier alpha value is -2.47. The Morgan fingerprint density at radius 1 is 1.25 bits per heavy atom. The number of ether oxygens (including phenoxy) is 1. The number of halogens is 1. The average molecular weight is 344 g/mol. The van der Waals surface area contributed by atoms with Crippen molar-refractivity contribution >= 4 is 32.6 Å². The van der Waals surface area contributed by atoms with E-state index in [4.69, 9.17) is 4.74 Å². The number of hydrogen-bond acceptors (Lipinski definition) is 4. The van der Waals surface area contributed by atoms with Crippen LogP contribution in [0.15, 0.2) is 42.5 Å². The van der Waals surface area contributed by atoms with Crippen molar-refractivity contribution in [2.45, 2.75) is 19.8 Å². The number of thiazole rings is 1. The van der Waals surface area contributed by atoms with Gasteiger partial charge < -0.3 is 4.74 Å². The number of benzene rings is 2. The summed E-state index contributed by atoms with van der Waals surface area (Å²) in [4.78, 5) is 16.5. The number of nitrogens with zero attached hydrogens (tertiary/aromatic N) is 1. The van der Waals surface area contributed by atoms with Crippen molar-refractivity contribution in [3.05, 3.63) is 53.8 Å². The van der Waals surface area contributed by atoms with Gasteiger partial charge in [-0.2, -0.15) is 0 Å². The number of para-hydroxylation sites is 1. The van der Waals surface area contributed by atoms with E-state index < -0.39 is 0 Å². The molecule has 0 saturated carbocycles. The molecule has 0 unspecified atom stereocenters. The third kappa shape index (κ3) is 3.71. The fourth-order valence-electron chi connectivity index (χ4n) is 2.32. The van der Waals surface area contributed by atoms with E-state index in [2.05, 4.69) is 30.2 Å². The molecule has 0 aliphatic heterocycles. The van der Waals surface area contributed by atoms with Gasteiger partial charge in [0.1, 0.15) is 11.6 Å². The van der Waals surface area contributed by atoms with E-state index in [0.717, 1.165) is 15.8 Å². The summed E-state index contributed by atoms with van der Waals surface area (Å²) in [6.07, 6.45) is 0. The first-order chi connectivity index (χ1) is 11.5. The zero-order valence-corrected chi connectivity index (χ0v) is 14.2. The molecular formula is C18H17FN2O2S. The van der Waals surface area contributed by atoms with E-state index in [-0.39, 0.29) is 18.3 Å². The quantitative estimate of drug-likeness (QED) is 0.737. The van der Waals surface area contributed by atoms with E-state index in [9.17, 15) is 9.18 Å². The van der Waals surface area contributed by atoms with Crippen molar-refractivity contribution in [2.75, 3.05) is 11.9 Å². The van der Waals surface area contributed by atoms with Crippen LogP contribution in [0, 0.1) is 5.82 Å². The lowest BCUT2D eigenvalue weighted by Gasteiger charge is -2.05. The molecule has 1 aromatic heterocycles. The van der Waals surface area contributed by atoms with Crippen LogP contribution in [0.3, 0.4) is 0 Å². The van der Waals surface area contributed by atoms with Crippen molar-refractivity contribution in [1.82, 2.24) is 4.98 Å². The van der Waals surface area contributed by atoms with Gasteiger partial charge in [0.2, 0.25) is 0 Å². The van der Waals surface area contributed by atoms with Crippen LogP contribution in [0.2, 0.25) is 0 Å². The Kier molecular flexibility index (Phi) is 4.76. The Morgan fingerprint density at radius 3 is 2.71 bits per heavy atom. The first-order valence-corrected chi connectivity index (χ1v) is 8.42. The second-order valence-electron chi connectivity index (χ2n) is 5.66. The first-order valence-electron chi connectivity index (χ1n) is 7.60. The molecule has 1 heterocycles. The minimum atomic E-state index is -0.345. The fourth-order valence-corrected chi connectivity index (χ4v) is 3.24. The number of hydrogen-bond donors (Lipinski definition) is 1. The van der Waals surface area contributed by atoms with Crippen molar-refractivity contribution in [1.29, 1.82) is 0 Å². The van der Waals surface area contributed by atoms with Gasteiger partial charge in [-0.1, -0.05) is 37.3 Å². The molecule has 4 nitrogen and oxygen atoms in total. The molecule has 1 amide bonds. The molecule has 0 fully saturated rings. The highest BCUT2D eigenvalue weighted by molar-refractivity contribution is 7.22. The molecule has 0 bridgehead atoms. The Balaban J connectivity index is 1.67. The number of rotatable bonds is 5. The van der Waals surface area contributed by atoms with Gasteiger partial charge in [-0.25, -0.2) is 9.37 Å². The topological polar surface area (TPSA) is 51.2 Å². The third-order valence-electron chi connectivity index (χ3n) is 3.50. The van der Waals surface area contributed by atoms with Crippen LogP contribution >= 0.6 is 11.3 Å². The molecule has 0 spiro atoms. The minimum Gasteiger partial charge on any atom is -0.484 e. The van der Waals surface area contributed by atoms with Crippen LogP contribution in [0.5, 0.6) is 5.75 Å². The van der Waals surface area contributed by atoms with Crippen molar-refractivity contribution in [3.63, 3.8) is 0 Å². The number of aromatic nitrogens is 1. The second kappa shape index (κ2) is 6.97. The number of carbonyl (C=O) groups is 1. The molecule has 6 heteroatoms. The van der Waals surface area contributed by atoms with E-state index in [1.165, 1.54) is 35.6 Å². The van der Waals surface area contributed by atoms with Crippen molar-refractivity contribution in [2.24, 2.45) is 0 Å². The van der Waals surface area contributed by atoms with Crippen LogP contribution in [0.25, 0.3) is 10.2 Å². The number of amides is 1. The normalized spacial score (nSPS) is 11.0. The van der Waals surface area contributed by atoms with Gasteiger partial charge in [0.05, 0.1) is 10.2 Å². The lowest BCUT2D eigenvalue weighted by molar-refractivity contribution is -0.118. The summed E-state index contributed by atoms with van der Waals surface area (Å²) in [6.45, 7) is 4.07. The highest BCUT2D eigenvalue weighted by Crippen LogP contribution is 2.31. The van der Waals surface area contributed by atoms with Crippen molar-refractivity contribution in [3.8, 4) is 5.75 Å². The molecular weight excluding hydrogens is 327 g/mol. The molecule has 0 aliphatic rings. The summed E-state index contributed by atoms with van der Waals surface area (Å²) >= 11 is 1.43. The van der Waals surface area contributed by atoms with Gasteiger partial charge in [0.15, 0.2) is 11.7 Å². The molecule has 0 saturated heterocycles. The monoisotopic (exact) mass is 344 g/mol. The average Bonchev–Trinajstić information content (AvgIpc) is 2.96. The number of nitrogens with one attached hydrogen (secondary N) is 1. The lowest BCUT2D eigenvalue weighted by Crippen LogP contribution is -2.20. The summed E-state index contributed by atoms with van der Waals surface area (Å²) < 4.78 is 19.2. The first kappa shape index (κ1) is 16.4. The van der Waals surface area contributed by atoms with Gasteiger partial charge in [0, 0.05) is 0 Å². The van der Waals surface area contributed by atoms with Crippen LogP contribution < -0.4 is 10.1 Å². The Bertz CT molecular complexity index is 859. The smallest absolute Gasteiger partial charge is 0.264 e. The molecule has 0 atom stereocenters. The Labute approximate surface area is 143 Å². The zero-order chi connectivity index (χ0) is 17.1. The maximum atomic E-state index is 12.8. The molecule has 0 aliphatic carbocycles. The van der Waals surface area contributed by atoms with E-state index >= 15 is 0 Å². The standard InChI is InChI=1S/C18H17FN2O2S/c1-11(2)14-4-3-5-15-17(14)21-18(24-15)20-16(22)10-23-13-8-6-12(19)7-9-13/h3-9,11H,10H2,1-2H3,(H,20,21,22). The maximum Gasteiger partial charge on any atom is 0.264 e. The van der Waals surface area contributed by atoms with Gasteiger partial charge >= 0.3 is 0 Å².